The molecule has 18 heavy (non-hydrogen) atoms. The molecule has 0 bridgehead atoms. The molecule has 0 aromatic heterocycles. The summed E-state index contributed by atoms with van der Waals surface area (Å²) in [5, 5.41) is 4.25. The summed E-state index contributed by atoms with van der Waals surface area (Å²) < 4.78 is 0. The van der Waals surface area contributed by atoms with E-state index < -0.39 is 0 Å². The van der Waals surface area contributed by atoms with Crippen molar-refractivity contribution in [3.05, 3.63) is 29.8 Å². The van der Waals surface area contributed by atoms with Crippen LogP contribution in [0.25, 0.3) is 0 Å². The minimum Gasteiger partial charge on any atom is -0.312 e. The van der Waals surface area contributed by atoms with Gasteiger partial charge >= 0.3 is 0 Å². The number of rotatable bonds is 8. The van der Waals surface area contributed by atoms with Crippen molar-refractivity contribution in [1.29, 1.82) is 0 Å². The summed E-state index contributed by atoms with van der Waals surface area (Å²) >= 11 is 2.01. The lowest BCUT2D eigenvalue weighted by Gasteiger charge is -2.13. The second-order valence-corrected chi connectivity index (χ2v) is 6.60. The average Bonchev–Trinajstić information content (AvgIpc) is 2.36. The first kappa shape index (κ1) is 15.6. The largest absolute Gasteiger partial charge is 0.312 e. The third-order valence-corrected chi connectivity index (χ3v) is 4.52. The summed E-state index contributed by atoms with van der Waals surface area (Å²) in [4.78, 5) is 1.41. The van der Waals surface area contributed by atoms with Crippen molar-refractivity contribution in [2.45, 2.75) is 57.2 Å². The minimum atomic E-state index is 0.715. The predicted molar refractivity (Wildman–Crippen MR) is 83.2 cm³/mol. The minimum absolute atomic E-state index is 0.715. The fourth-order valence-corrected chi connectivity index (χ4v) is 2.98. The van der Waals surface area contributed by atoms with Gasteiger partial charge in [-0.15, -0.1) is 11.8 Å². The summed E-state index contributed by atoms with van der Waals surface area (Å²) in [7, 11) is 0. The maximum Gasteiger partial charge on any atom is 0.0206 e. The van der Waals surface area contributed by atoms with Gasteiger partial charge in [-0.05, 0) is 43.0 Å². The first-order chi connectivity index (χ1) is 8.65. The highest BCUT2D eigenvalue weighted by atomic mass is 32.2. The number of benzene rings is 1. The molecule has 0 aliphatic carbocycles. The topological polar surface area (TPSA) is 12.0 Å². The Labute approximate surface area is 117 Å². The second kappa shape index (κ2) is 8.60. The molecule has 0 heterocycles. The SMILES string of the molecule is CCC(CC)Sc1cccc(CNCC(C)C)c1. The van der Waals surface area contributed by atoms with E-state index in [9.17, 15) is 0 Å². The maximum absolute atomic E-state index is 3.50. The zero-order valence-corrected chi connectivity index (χ0v) is 13.0. The number of hydrogen-bond donors (Lipinski definition) is 1. The van der Waals surface area contributed by atoms with Gasteiger partial charge in [-0.25, -0.2) is 0 Å². The van der Waals surface area contributed by atoms with Gasteiger partial charge in [-0.1, -0.05) is 39.8 Å². The highest BCUT2D eigenvalue weighted by Gasteiger charge is 2.06. The fourth-order valence-electron chi connectivity index (χ4n) is 1.88. The molecule has 1 nitrogen and oxygen atoms in total. The monoisotopic (exact) mass is 265 g/mol. The third-order valence-electron chi connectivity index (χ3n) is 2.99. The standard InChI is InChI=1S/C16H27NS/c1-5-15(6-2)18-16-9-7-8-14(10-16)12-17-11-13(3)4/h7-10,13,15,17H,5-6,11-12H2,1-4H3. The Balaban J connectivity index is 2.51. The van der Waals surface area contributed by atoms with Crippen LogP contribution in [-0.2, 0) is 6.54 Å². The van der Waals surface area contributed by atoms with Gasteiger partial charge in [0, 0.05) is 16.7 Å². The maximum atomic E-state index is 3.50. The Morgan fingerprint density at radius 2 is 1.89 bits per heavy atom. The average molecular weight is 265 g/mol. The summed E-state index contributed by atoms with van der Waals surface area (Å²) in [6, 6.07) is 8.95. The smallest absolute Gasteiger partial charge is 0.0206 e. The van der Waals surface area contributed by atoms with Gasteiger partial charge in [-0.2, -0.15) is 0 Å². The van der Waals surface area contributed by atoms with Crippen LogP contribution in [0.4, 0.5) is 0 Å². The molecule has 1 N–H and O–H groups in total. The van der Waals surface area contributed by atoms with E-state index in [0.717, 1.165) is 18.3 Å². The van der Waals surface area contributed by atoms with E-state index in [-0.39, 0.29) is 0 Å². The quantitative estimate of drug-likeness (QED) is 0.683. The molecule has 0 atom stereocenters. The van der Waals surface area contributed by atoms with E-state index in [0.29, 0.717) is 5.92 Å². The lowest BCUT2D eigenvalue weighted by Crippen LogP contribution is -2.18. The van der Waals surface area contributed by atoms with Crippen molar-refractivity contribution in [2.75, 3.05) is 6.54 Å². The van der Waals surface area contributed by atoms with E-state index >= 15 is 0 Å². The Kier molecular flexibility index (Phi) is 7.45. The first-order valence-corrected chi connectivity index (χ1v) is 8.00. The van der Waals surface area contributed by atoms with E-state index in [1.54, 1.807) is 0 Å². The van der Waals surface area contributed by atoms with Gasteiger partial charge in [0.2, 0.25) is 0 Å². The molecule has 0 aliphatic heterocycles. The summed E-state index contributed by atoms with van der Waals surface area (Å²) in [6.45, 7) is 11.1. The Morgan fingerprint density at radius 3 is 2.50 bits per heavy atom. The van der Waals surface area contributed by atoms with Gasteiger partial charge in [-0.3, -0.25) is 0 Å². The summed E-state index contributed by atoms with van der Waals surface area (Å²) in [5.41, 5.74) is 1.40. The van der Waals surface area contributed by atoms with Crippen LogP contribution in [0.15, 0.2) is 29.2 Å². The molecule has 0 saturated carbocycles. The Bertz CT molecular complexity index is 332. The molecule has 102 valence electrons. The Hall–Kier alpha value is -0.470. The van der Waals surface area contributed by atoms with Gasteiger partial charge < -0.3 is 5.32 Å². The molecular formula is C16H27NS. The van der Waals surface area contributed by atoms with E-state index in [4.69, 9.17) is 0 Å². The van der Waals surface area contributed by atoms with Crippen molar-refractivity contribution in [3.8, 4) is 0 Å². The molecule has 0 amide bonds. The van der Waals surface area contributed by atoms with Crippen LogP contribution in [-0.4, -0.2) is 11.8 Å². The van der Waals surface area contributed by atoms with Crippen molar-refractivity contribution in [1.82, 2.24) is 5.32 Å². The van der Waals surface area contributed by atoms with E-state index in [1.807, 2.05) is 11.8 Å². The fraction of sp³-hybridized carbons (Fsp3) is 0.625. The molecule has 0 radical (unpaired) electrons. The number of nitrogens with one attached hydrogen (secondary N) is 1. The zero-order chi connectivity index (χ0) is 13.4. The molecule has 0 spiro atoms. The van der Waals surface area contributed by atoms with E-state index in [2.05, 4.69) is 57.3 Å². The van der Waals surface area contributed by atoms with Crippen LogP contribution in [0.1, 0.15) is 46.1 Å². The van der Waals surface area contributed by atoms with Crippen molar-refractivity contribution in [2.24, 2.45) is 5.92 Å². The first-order valence-electron chi connectivity index (χ1n) is 7.12. The normalized spacial score (nSPS) is 11.4. The molecule has 0 fully saturated rings. The Morgan fingerprint density at radius 1 is 1.17 bits per heavy atom. The number of hydrogen-bond acceptors (Lipinski definition) is 2. The molecule has 0 aliphatic rings. The number of thioether (sulfide) groups is 1. The van der Waals surface area contributed by atoms with Gasteiger partial charge in [0.1, 0.15) is 0 Å². The lowest BCUT2D eigenvalue weighted by molar-refractivity contribution is 0.552. The summed E-state index contributed by atoms with van der Waals surface area (Å²) in [5.74, 6) is 0.715. The molecule has 1 aromatic rings. The van der Waals surface area contributed by atoms with Gasteiger partial charge in [0.05, 0.1) is 0 Å². The van der Waals surface area contributed by atoms with Crippen molar-refractivity contribution in [3.63, 3.8) is 0 Å². The van der Waals surface area contributed by atoms with Gasteiger partial charge in [0.25, 0.3) is 0 Å². The van der Waals surface area contributed by atoms with Crippen molar-refractivity contribution >= 4 is 11.8 Å². The van der Waals surface area contributed by atoms with Crippen molar-refractivity contribution < 1.29 is 0 Å². The third kappa shape index (κ3) is 5.92. The van der Waals surface area contributed by atoms with Crippen LogP contribution >= 0.6 is 11.8 Å². The molecule has 1 aromatic carbocycles. The molecule has 0 saturated heterocycles. The van der Waals surface area contributed by atoms with Crippen LogP contribution in [0, 0.1) is 5.92 Å². The van der Waals surface area contributed by atoms with Gasteiger partial charge in [0.15, 0.2) is 0 Å². The van der Waals surface area contributed by atoms with Crippen LogP contribution in [0.3, 0.4) is 0 Å². The lowest BCUT2D eigenvalue weighted by atomic mass is 10.2. The van der Waals surface area contributed by atoms with E-state index in [1.165, 1.54) is 23.3 Å². The molecule has 0 unspecified atom stereocenters. The predicted octanol–water partition coefficient (Wildman–Crippen LogP) is 4.71. The summed E-state index contributed by atoms with van der Waals surface area (Å²) in [6.07, 6.45) is 2.49. The van der Waals surface area contributed by atoms with Crippen LogP contribution in [0.5, 0.6) is 0 Å². The van der Waals surface area contributed by atoms with Crippen LogP contribution in [0.2, 0.25) is 0 Å². The molecule has 2 heteroatoms. The molecular weight excluding hydrogens is 238 g/mol. The second-order valence-electron chi connectivity index (χ2n) is 5.23. The highest BCUT2D eigenvalue weighted by Crippen LogP contribution is 2.27. The zero-order valence-electron chi connectivity index (χ0n) is 12.2. The van der Waals surface area contributed by atoms with Crippen LogP contribution < -0.4 is 5.32 Å². The molecule has 1 rings (SSSR count). The highest BCUT2D eigenvalue weighted by molar-refractivity contribution is 8.00.